The maximum atomic E-state index is 12.3. The van der Waals surface area contributed by atoms with Crippen LogP contribution < -0.4 is 10.1 Å². The van der Waals surface area contributed by atoms with Gasteiger partial charge in [0.1, 0.15) is 0 Å². The van der Waals surface area contributed by atoms with E-state index in [2.05, 4.69) is 10.3 Å². The van der Waals surface area contributed by atoms with Crippen molar-refractivity contribution in [1.82, 2.24) is 4.98 Å². The number of aromatic nitrogens is 1. The molecule has 2 aromatic rings. The van der Waals surface area contributed by atoms with Crippen LogP contribution >= 0.6 is 0 Å². The second-order valence-electron chi connectivity index (χ2n) is 5.03. The Hall–Kier alpha value is -2.40. The lowest BCUT2D eigenvalue weighted by Gasteiger charge is -2.12. The van der Waals surface area contributed by atoms with Crippen molar-refractivity contribution in [3.05, 3.63) is 53.7 Å². The van der Waals surface area contributed by atoms with Crippen LogP contribution in [0.15, 0.2) is 42.6 Å². The van der Waals surface area contributed by atoms with E-state index < -0.39 is 0 Å². The van der Waals surface area contributed by atoms with Gasteiger partial charge in [-0.25, -0.2) is 4.98 Å². The summed E-state index contributed by atoms with van der Waals surface area (Å²) in [4.78, 5) is 16.4. The fourth-order valence-electron chi connectivity index (χ4n) is 1.86. The molecule has 2 N–H and O–H groups in total. The van der Waals surface area contributed by atoms with Crippen molar-refractivity contribution < 1.29 is 14.6 Å². The Morgan fingerprint density at radius 2 is 2.18 bits per heavy atom. The summed E-state index contributed by atoms with van der Waals surface area (Å²) in [6, 6.07) is 10.3. The zero-order valence-electron chi connectivity index (χ0n) is 12.7. The smallest absolute Gasteiger partial charge is 0.255 e. The highest BCUT2D eigenvalue weighted by atomic mass is 16.5. The van der Waals surface area contributed by atoms with Crippen LogP contribution in [0.1, 0.15) is 36.2 Å². The number of hydrogen-bond donors (Lipinski definition) is 2. The number of hydrogen-bond acceptors (Lipinski definition) is 4. The molecule has 5 heteroatoms. The molecule has 22 heavy (non-hydrogen) atoms. The molecular formula is C17H20N2O3. The summed E-state index contributed by atoms with van der Waals surface area (Å²) in [6.07, 6.45) is 2.47. The van der Waals surface area contributed by atoms with Gasteiger partial charge in [-0.1, -0.05) is 19.1 Å². The van der Waals surface area contributed by atoms with Crippen molar-refractivity contribution >= 4 is 11.6 Å². The Morgan fingerprint density at radius 1 is 1.36 bits per heavy atom. The molecule has 0 bridgehead atoms. The monoisotopic (exact) mass is 300 g/mol. The van der Waals surface area contributed by atoms with Crippen LogP contribution in [-0.2, 0) is 6.61 Å². The molecule has 0 saturated heterocycles. The predicted octanol–water partition coefficient (Wildman–Crippen LogP) is 3.00. The zero-order valence-corrected chi connectivity index (χ0v) is 12.7. The molecule has 1 aromatic carbocycles. The molecule has 0 aliphatic rings. The van der Waals surface area contributed by atoms with Crippen LogP contribution in [-0.4, -0.2) is 22.1 Å². The van der Waals surface area contributed by atoms with Crippen molar-refractivity contribution in [2.24, 2.45) is 0 Å². The lowest BCUT2D eigenvalue weighted by atomic mass is 10.2. The molecule has 116 valence electrons. The summed E-state index contributed by atoms with van der Waals surface area (Å²) in [5.41, 5.74) is 1.86. The van der Waals surface area contributed by atoms with Crippen LogP contribution in [0.25, 0.3) is 0 Å². The van der Waals surface area contributed by atoms with E-state index in [1.54, 1.807) is 42.6 Å². The predicted molar refractivity (Wildman–Crippen MR) is 84.9 cm³/mol. The summed E-state index contributed by atoms with van der Waals surface area (Å²) < 4.78 is 5.62. The van der Waals surface area contributed by atoms with Gasteiger partial charge in [-0.3, -0.25) is 4.79 Å². The summed E-state index contributed by atoms with van der Waals surface area (Å²) in [5, 5.41) is 11.9. The highest BCUT2D eigenvalue weighted by Gasteiger charge is 2.10. The zero-order chi connectivity index (χ0) is 15.9. The molecule has 0 aliphatic carbocycles. The molecule has 0 radical (unpaired) electrons. The highest BCUT2D eigenvalue weighted by molar-refractivity contribution is 6.04. The molecule has 0 saturated carbocycles. The molecule has 1 unspecified atom stereocenters. The summed E-state index contributed by atoms with van der Waals surface area (Å²) in [5.74, 6) is 0.192. The Kier molecular flexibility index (Phi) is 5.49. The molecule has 1 atom stereocenters. The van der Waals surface area contributed by atoms with Gasteiger partial charge in [-0.05, 0) is 37.1 Å². The SMILES string of the molecule is CCC(C)Oc1cc(C(=O)Nc2cccc(CO)c2)ccn1. The molecule has 0 aliphatic heterocycles. The van der Waals surface area contributed by atoms with Gasteiger partial charge in [-0.2, -0.15) is 0 Å². The van der Waals surface area contributed by atoms with E-state index >= 15 is 0 Å². The number of carbonyl (C=O) groups is 1. The molecule has 0 fully saturated rings. The number of nitrogens with zero attached hydrogens (tertiary/aromatic N) is 1. The number of amides is 1. The molecule has 1 aromatic heterocycles. The van der Waals surface area contributed by atoms with E-state index in [-0.39, 0.29) is 18.6 Å². The number of benzene rings is 1. The lowest BCUT2D eigenvalue weighted by molar-refractivity contribution is 0.102. The van der Waals surface area contributed by atoms with Crippen molar-refractivity contribution in [2.75, 3.05) is 5.32 Å². The largest absolute Gasteiger partial charge is 0.475 e. The van der Waals surface area contributed by atoms with Gasteiger partial charge in [0.2, 0.25) is 5.88 Å². The van der Waals surface area contributed by atoms with E-state index in [0.29, 0.717) is 17.1 Å². The van der Waals surface area contributed by atoms with Crippen LogP contribution in [0.2, 0.25) is 0 Å². The standard InChI is InChI=1S/C17H20N2O3/c1-3-12(2)22-16-10-14(7-8-18-16)17(21)19-15-6-4-5-13(9-15)11-20/h4-10,12,20H,3,11H2,1-2H3,(H,19,21). The van der Waals surface area contributed by atoms with E-state index in [0.717, 1.165) is 12.0 Å². The Labute approximate surface area is 130 Å². The van der Waals surface area contributed by atoms with Gasteiger partial charge in [0, 0.05) is 23.5 Å². The molecule has 0 spiro atoms. The van der Waals surface area contributed by atoms with Crippen molar-refractivity contribution in [1.29, 1.82) is 0 Å². The van der Waals surface area contributed by atoms with Crippen molar-refractivity contribution in [3.63, 3.8) is 0 Å². The summed E-state index contributed by atoms with van der Waals surface area (Å²) in [7, 11) is 0. The third-order valence-electron chi connectivity index (χ3n) is 3.26. The van der Waals surface area contributed by atoms with Crippen LogP contribution in [0.4, 0.5) is 5.69 Å². The normalized spacial score (nSPS) is 11.8. The third kappa shape index (κ3) is 4.30. The lowest BCUT2D eigenvalue weighted by Crippen LogP contribution is -2.14. The van der Waals surface area contributed by atoms with Crippen LogP contribution in [0.5, 0.6) is 5.88 Å². The first-order chi connectivity index (χ1) is 10.6. The minimum absolute atomic E-state index is 0.0482. The number of pyridine rings is 1. The minimum atomic E-state index is -0.244. The number of rotatable bonds is 6. The number of nitrogens with one attached hydrogen (secondary N) is 1. The van der Waals surface area contributed by atoms with Crippen LogP contribution in [0, 0.1) is 0 Å². The molecule has 5 nitrogen and oxygen atoms in total. The second-order valence-corrected chi connectivity index (χ2v) is 5.03. The van der Waals surface area contributed by atoms with Gasteiger partial charge < -0.3 is 15.2 Å². The Bertz CT molecular complexity index is 643. The first-order valence-electron chi connectivity index (χ1n) is 7.26. The molecule has 1 amide bonds. The second kappa shape index (κ2) is 7.56. The first kappa shape index (κ1) is 16.0. The van der Waals surface area contributed by atoms with E-state index in [9.17, 15) is 4.79 Å². The van der Waals surface area contributed by atoms with E-state index in [1.165, 1.54) is 0 Å². The number of ether oxygens (including phenoxy) is 1. The highest BCUT2D eigenvalue weighted by Crippen LogP contribution is 2.15. The van der Waals surface area contributed by atoms with Gasteiger partial charge in [0.05, 0.1) is 12.7 Å². The van der Waals surface area contributed by atoms with Crippen molar-refractivity contribution in [3.8, 4) is 5.88 Å². The fourth-order valence-corrected chi connectivity index (χ4v) is 1.86. The summed E-state index contributed by atoms with van der Waals surface area (Å²) in [6.45, 7) is 3.91. The van der Waals surface area contributed by atoms with E-state index in [4.69, 9.17) is 9.84 Å². The summed E-state index contributed by atoms with van der Waals surface area (Å²) >= 11 is 0. The maximum Gasteiger partial charge on any atom is 0.255 e. The van der Waals surface area contributed by atoms with Crippen molar-refractivity contribution in [2.45, 2.75) is 33.0 Å². The maximum absolute atomic E-state index is 12.3. The number of aliphatic hydroxyl groups excluding tert-OH is 1. The number of anilines is 1. The van der Waals surface area contributed by atoms with Gasteiger partial charge in [0.25, 0.3) is 5.91 Å². The molecule has 2 rings (SSSR count). The van der Waals surface area contributed by atoms with Gasteiger partial charge in [-0.15, -0.1) is 0 Å². The molecule has 1 heterocycles. The Balaban J connectivity index is 2.10. The fraction of sp³-hybridized carbons (Fsp3) is 0.294. The average molecular weight is 300 g/mol. The Morgan fingerprint density at radius 3 is 2.91 bits per heavy atom. The first-order valence-corrected chi connectivity index (χ1v) is 7.26. The quantitative estimate of drug-likeness (QED) is 0.860. The third-order valence-corrected chi connectivity index (χ3v) is 3.26. The average Bonchev–Trinajstić information content (AvgIpc) is 2.55. The molecular weight excluding hydrogens is 280 g/mol. The number of aliphatic hydroxyl groups is 1. The minimum Gasteiger partial charge on any atom is -0.475 e. The van der Waals surface area contributed by atoms with E-state index in [1.807, 2.05) is 13.8 Å². The van der Waals surface area contributed by atoms with Crippen LogP contribution in [0.3, 0.4) is 0 Å². The van der Waals surface area contributed by atoms with Gasteiger partial charge >= 0.3 is 0 Å². The van der Waals surface area contributed by atoms with Gasteiger partial charge in [0.15, 0.2) is 0 Å². The number of carbonyl (C=O) groups excluding carboxylic acids is 1. The topological polar surface area (TPSA) is 71.5 Å².